The zero-order valence-electron chi connectivity index (χ0n) is 8.66. The number of fused-ring (bicyclic) bond motifs is 1. The van der Waals surface area contributed by atoms with E-state index in [9.17, 15) is 4.79 Å². The predicted octanol–water partition coefficient (Wildman–Crippen LogP) is 1.20. The van der Waals surface area contributed by atoms with Crippen molar-refractivity contribution < 1.29 is 4.79 Å². The van der Waals surface area contributed by atoms with Gasteiger partial charge in [0.1, 0.15) is 5.84 Å². The Balaban J connectivity index is 2.38. The van der Waals surface area contributed by atoms with Crippen molar-refractivity contribution in [2.75, 3.05) is 12.4 Å². The van der Waals surface area contributed by atoms with E-state index in [4.69, 9.17) is 17.3 Å². The number of hydrogen-bond acceptors (Lipinski definition) is 2. The summed E-state index contributed by atoms with van der Waals surface area (Å²) in [6.45, 7) is 0.693. The van der Waals surface area contributed by atoms with Crippen molar-refractivity contribution in [1.29, 1.82) is 0 Å². The molecule has 0 aliphatic carbocycles. The minimum atomic E-state index is -0.0530. The van der Waals surface area contributed by atoms with Crippen molar-refractivity contribution in [3.63, 3.8) is 0 Å². The van der Waals surface area contributed by atoms with Gasteiger partial charge in [-0.05, 0) is 24.1 Å². The molecule has 0 bridgehead atoms. The monoisotopic (exact) mass is 237 g/mol. The summed E-state index contributed by atoms with van der Waals surface area (Å²) in [5.74, 6) is 0.476. The van der Waals surface area contributed by atoms with Gasteiger partial charge in [-0.2, -0.15) is 0 Å². The maximum Gasteiger partial charge on any atom is 0.251 e. The predicted molar refractivity (Wildman–Crippen MR) is 64.5 cm³/mol. The van der Waals surface area contributed by atoms with Gasteiger partial charge in [-0.15, -0.1) is 11.6 Å². The van der Waals surface area contributed by atoms with Crippen LogP contribution >= 0.6 is 11.6 Å². The van der Waals surface area contributed by atoms with Crippen LogP contribution in [0.2, 0.25) is 0 Å². The molecule has 1 aliphatic heterocycles. The van der Waals surface area contributed by atoms with Gasteiger partial charge < -0.3 is 11.1 Å². The molecule has 2 rings (SSSR count). The number of aliphatic imine (C=N–C) groups is 1. The molecule has 0 aromatic heterocycles. The lowest BCUT2D eigenvalue weighted by molar-refractivity contribution is 0.0946. The van der Waals surface area contributed by atoms with Crippen LogP contribution in [0.15, 0.2) is 23.2 Å². The zero-order valence-corrected chi connectivity index (χ0v) is 9.42. The van der Waals surface area contributed by atoms with Crippen LogP contribution in [0.4, 0.5) is 5.69 Å². The first-order valence-electron chi connectivity index (χ1n) is 5.01. The van der Waals surface area contributed by atoms with Gasteiger partial charge in [0.2, 0.25) is 0 Å². The van der Waals surface area contributed by atoms with Gasteiger partial charge in [-0.1, -0.05) is 6.07 Å². The zero-order chi connectivity index (χ0) is 11.5. The number of alkyl halides is 1. The molecule has 1 aliphatic rings. The van der Waals surface area contributed by atoms with Gasteiger partial charge in [-0.25, -0.2) is 4.99 Å². The summed E-state index contributed by atoms with van der Waals surface area (Å²) in [5, 5.41) is 2.79. The Kier molecular flexibility index (Phi) is 3.10. The van der Waals surface area contributed by atoms with Crippen molar-refractivity contribution >= 4 is 29.0 Å². The van der Waals surface area contributed by atoms with Crippen LogP contribution in [0.5, 0.6) is 0 Å². The van der Waals surface area contributed by atoms with Gasteiger partial charge >= 0.3 is 0 Å². The van der Waals surface area contributed by atoms with Crippen molar-refractivity contribution in [2.24, 2.45) is 10.7 Å². The van der Waals surface area contributed by atoms with Gasteiger partial charge in [0.15, 0.2) is 0 Å². The van der Waals surface area contributed by atoms with Crippen LogP contribution in [-0.2, 0) is 6.42 Å². The fourth-order valence-electron chi connectivity index (χ4n) is 1.66. The second kappa shape index (κ2) is 4.53. The number of nitrogens with one attached hydrogen (secondary N) is 1. The summed E-state index contributed by atoms with van der Waals surface area (Å²) < 4.78 is 0. The Morgan fingerprint density at radius 3 is 3.12 bits per heavy atom. The lowest BCUT2D eigenvalue weighted by Gasteiger charge is -2.16. The Bertz CT molecular complexity index is 457. The molecule has 0 unspecified atom stereocenters. The number of amides is 1. The van der Waals surface area contributed by atoms with E-state index in [1.165, 1.54) is 0 Å². The molecule has 16 heavy (non-hydrogen) atoms. The Hall–Kier alpha value is -1.55. The molecule has 0 radical (unpaired) electrons. The second-order valence-electron chi connectivity index (χ2n) is 3.58. The quantitative estimate of drug-likeness (QED) is 0.461. The summed E-state index contributed by atoms with van der Waals surface area (Å²) in [6.07, 6.45) is 0.857. The summed E-state index contributed by atoms with van der Waals surface area (Å²) in [7, 11) is 0. The first-order chi connectivity index (χ1) is 7.70. The molecular weight excluding hydrogens is 226 g/mol. The first kappa shape index (κ1) is 11.0. The topological polar surface area (TPSA) is 67.5 Å². The van der Waals surface area contributed by atoms with Crippen molar-refractivity contribution in [2.45, 2.75) is 6.42 Å². The number of halogens is 1. The summed E-state index contributed by atoms with van der Waals surface area (Å²) >= 11 is 5.54. The maximum atomic E-state index is 11.6. The normalized spacial score (nSPS) is 15.6. The summed E-state index contributed by atoms with van der Waals surface area (Å²) in [5.41, 5.74) is 7.92. The van der Waals surface area contributed by atoms with Gasteiger partial charge in [0.25, 0.3) is 5.91 Å². The third-order valence-electron chi connectivity index (χ3n) is 2.43. The van der Waals surface area contributed by atoms with Crippen LogP contribution in [0.1, 0.15) is 15.9 Å². The Morgan fingerprint density at radius 1 is 1.56 bits per heavy atom. The first-order valence-corrected chi connectivity index (χ1v) is 5.54. The van der Waals surface area contributed by atoms with E-state index >= 15 is 0 Å². The maximum absolute atomic E-state index is 11.6. The lowest BCUT2D eigenvalue weighted by Crippen LogP contribution is -2.31. The smallest absolute Gasteiger partial charge is 0.251 e. The number of rotatable bonds is 2. The highest BCUT2D eigenvalue weighted by Crippen LogP contribution is 2.21. The number of nitrogens with zero attached hydrogens (tertiary/aromatic N) is 1. The molecular formula is C11H12ClN3O. The Labute approximate surface area is 98.5 Å². The molecule has 1 heterocycles. The SMILES string of the molecule is NC(CCl)=Nc1ccc2c(c1)C(=O)NCC2. The highest BCUT2D eigenvalue weighted by atomic mass is 35.5. The van der Waals surface area contributed by atoms with Crippen molar-refractivity contribution in [1.82, 2.24) is 5.32 Å². The van der Waals surface area contributed by atoms with E-state index in [1.54, 1.807) is 6.07 Å². The second-order valence-corrected chi connectivity index (χ2v) is 3.85. The van der Waals surface area contributed by atoms with E-state index in [-0.39, 0.29) is 11.8 Å². The minimum absolute atomic E-state index is 0.0530. The largest absolute Gasteiger partial charge is 0.386 e. The molecule has 3 N–H and O–H groups in total. The number of nitrogens with two attached hydrogens (primary N) is 1. The van der Waals surface area contributed by atoms with Gasteiger partial charge in [0.05, 0.1) is 11.6 Å². The lowest BCUT2D eigenvalue weighted by atomic mass is 10.00. The fourth-order valence-corrected chi connectivity index (χ4v) is 1.72. The summed E-state index contributed by atoms with van der Waals surface area (Å²) in [6, 6.07) is 5.49. The number of carbonyl (C=O) groups is 1. The van der Waals surface area contributed by atoms with Crippen LogP contribution < -0.4 is 11.1 Å². The van der Waals surface area contributed by atoms with E-state index in [0.29, 0.717) is 23.6 Å². The third-order valence-corrected chi connectivity index (χ3v) is 2.70. The van der Waals surface area contributed by atoms with Crippen LogP contribution in [-0.4, -0.2) is 24.2 Å². The molecule has 0 atom stereocenters. The third kappa shape index (κ3) is 2.17. The van der Waals surface area contributed by atoms with Crippen molar-refractivity contribution in [3.05, 3.63) is 29.3 Å². The average molecular weight is 238 g/mol. The number of amidine groups is 1. The molecule has 84 valence electrons. The molecule has 0 saturated carbocycles. The standard InChI is InChI=1S/C11H12ClN3O/c12-6-10(13)15-8-2-1-7-3-4-14-11(16)9(7)5-8/h1-2,5H,3-4,6H2,(H2,13,15)(H,14,16). The number of hydrogen-bond donors (Lipinski definition) is 2. The molecule has 5 heteroatoms. The van der Waals surface area contributed by atoms with Crippen molar-refractivity contribution in [3.8, 4) is 0 Å². The van der Waals surface area contributed by atoms with Crippen LogP contribution in [0, 0.1) is 0 Å². The summed E-state index contributed by atoms with van der Waals surface area (Å²) in [4.78, 5) is 15.7. The molecule has 0 spiro atoms. The van der Waals surface area contributed by atoms with Crippen LogP contribution in [0.3, 0.4) is 0 Å². The van der Waals surface area contributed by atoms with Gasteiger partial charge in [-0.3, -0.25) is 4.79 Å². The van der Waals surface area contributed by atoms with E-state index in [1.807, 2.05) is 12.1 Å². The molecule has 1 amide bonds. The minimum Gasteiger partial charge on any atom is -0.386 e. The van der Waals surface area contributed by atoms with E-state index < -0.39 is 0 Å². The average Bonchev–Trinajstić information content (AvgIpc) is 2.30. The van der Waals surface area contributed by atoms with E-state index in [2.05, 4.69) is 10.3 Å². The highest BCUT2D eigenvalue weighted by molar-refractivity contribution is 6.28. The van der Waals surface area contributed by atoms with Gasteiger partial charge in [0, 0.05) is 12.1 Å². The number of benzene rings is 1. The molecule has 1 aromatic rings. The molecule has 0 fully saturated rings. The van der Waals surface area contributed by atoms with E-state index in [0.717, 1.165) is 12.0 Å². The number of carbonyl (C=O) groups excluding carboxylic acids is 1. The molecule has 4 nitrogen and oxygen atoms in total. The molecule has 0 saturated heterocycles. The molecule has 1 aromatic carbocycles. The Morgan fingerprint density at radius 2 is 2.38 bits per heavy atom. The highest BCUT2D eigenvalue weighted by Gasteiger charge is 2.16. The van der Waals surface area contributed by atoms with Crippen LogP contribution in [0.25, 0.3) is 0 Å². The fraction of sp³-hybridized carbons (Fsp3) is 0.273.